The van der Waals surface area contributed by atoms with Gasteiger partial charge in [0.1, 0.15) is 11.7 Å². The van der Waals surface area contributed by atoms with E-state index in [1.807, 2.05) is 55.5 Å². The molecule has 2 aromatic carbocycles. The van der Waals surface area contributed by atoms with Gasteiger partial charge in [0.25, 0.3) is 5.91 Å². The van der Waals surface area contributed by atoms with Crippen LogP contribution in [0.15, 0.2) is 54.6 Å². The van der Waals surface area contributed by atoms with Gasteiger partial charge in [-0.2, -0.15) is 0 Å². The molecule has 128 valence electrons. The zero-order valence-corrected chi connectivity index (χ0v) is 14.2. The van der Waals surface area contributed by atoms with Crippen molar-refractivity contribution in [1.29, 1.82) is 0 Å². The number of aromatic nitrogens is 1. The molecule has 0 aliphatic carbocycles. The number of hydrogen-bond donors (Lipinski definition) is 2. The van der Waals surface area contributed by atoms with Crippen molar-refractivity contribution >= 4 is 22.8 Å². The summed E-state index contributed by atoms with van der Waals surface area (Å²) in [6.07, 6.45) is 0.241. The third-order valence-electron chi connectivity index (χ3n) is 4.32. The van der Waals surface area contributed by atoms with Crippen molar-refractivity contribution in [3.63, 3.8) is 0 Å². The second-order valence-corrected chi connectivity index (χ2v) is 6.20. The van der Waals surface area contributed by atoms with Gasteiger partial charge in [-0.25, -0.2) is 4.79 Å². The fourth-order valence-corrected chi connectivity index (χ4v) is 2.97. The summed E-state index contributed by atoms with van der Waals surface area (Å²) in [5, 5.41) is 13.1. The Bertz CT molecular complexity index is 929. The molecule has 0 bridgehead atoms. The minimum absolute atomic E-state index is 0.241. The summed E-state index contributed by atoms with van der Waals surface area (Å²) in [6.45, 7) is 1.99. The van der Waals surface area contributed by atoms with Gasteiger partial charge in [0.15, 0.2) is 0 Å². The van der Waals surface area contributed by atoms with E-state index in [2.05, 4.69) is 5.32 Å². The monoisotopic (exact) mass is 336 g/mol. The normalized spacial score (nSPS) is 12.1. The molecule has 1 atom stereocenters. The van der Waals surface area contributed by atoms with Gasteiger partial charge in [0, 0.05) is 24.4 Å². The van der Waals surface area contributed by atoms with Crippen LogP contribution in [0.25, 0.3) is 10.9 Å². The van der Waals surface area contributed by atoms with E-state index >= 15 is 0 Å². The number of nitrogens with one attached hydrogen (secondary N) is 1. The largest absolute Gasteiger partial charge is 0.480 e. The lowest BCUT2D eigenvalue weighted by molar-refractivity contribution is -0.139. The van der Waals surface area contributed by atoms with Crippen molar-refractivity contribution < 1.29 is 14.7 Å². The molecule has 0 fully saturated rings. The Morgan fingerprint density at radius 2 is 1.84 bits per heavy atom. The molecule has 0 unspecified atom stereocenters. The molecule has 3 aromatic rings. The van der Waals surface area contributed by atoms with Gasteiger partial charge in [-0.3, -0.25) is 4.79 Å². The molecule has 1 amide bonds. The smallest absolute Gasteiger partial charge is 0.326 e. The summed E-state index contributed by atoms with van der Waals surface area (Å²) in [5.41, 5.74) is 3.35. The minimum atomic E-state index is -1.05. The summed E-state index contributed by atoms with van der Waals surface area (Å²) in [6, 6.07) is 16.0. The van der Waals surface area contributed by atoms with Crippen LogP contribution in [-0.2, 0) is 18.3 Å². The van der Waals surface area contributed by atoms with Gasteiger partial charge in [0.2, 0.25) is 0 Å². The highest BCUT2D eigenvalue weighted by Crippen LogP contribution is 2.20. The summed E-state index contributed by atoms with van der Waals surface area (Å²) in [4.78, 5) is 24.2. The standard InChI is InChI=1S/C20H20N2O3/c1-13-8-9-17-15(10-13)12-18(22(17)2)19(23)21-16(20(24)25)11-14-6-4-3-5-7-14/h3-10,12,16H,11H2,1-2H3,(H,21,23)(H,24,25)/t16-/m0/s1. The Kier molecular flexibility index (Phi) is 4.57. The summed E-state index contributed by atoms with van der Waals surface area (Å²) in [7, 11) is 1.81. The maximum atomic E-state index is 12.6. The van der Waals surface area contributed by atoms with Crippen LogP contribution in [0.1, 0.15) is 21.6 Å². The second-order valence-electron chi connectivity index (χ2n) is 6.20. The van der Waals surface area contributed by atoms with Crippen LogP contribution in [0, 0.1) is 6.92 Å². The molecule has 0 aliphatic rings. The summed E-state index contributed by atoms with van der Waals surface area (Å²) >= 11 is 0. The van der Waals surface area contributed by atoms with Crippen LogP contribution in [0.4, 0.5) is 0 Å². The first kappa shape index (κ1) is 16.8. The molecular weight excluding hydrogens is 316 g/mol. The molecule has 0 aliphatic heterocycles. The third kappa shape index (κ3) is 3.55. The van der Waals surface area contributed by atoms with Crippen LogP contribution in [-0.4, -0.2) is 27.6 Å². The number of carbonyl (C=O) groups excluding carboxylic acids is 1. The fraction of sp³-hybridized carbons (Fsp3) is 0.200. The number of carboxylic acids is 1. The molecule has 25 heavy (non-hydrogen) atoms. The molecule has 0 saturated carbocycles. The highest BCUT2D eigenvalue weighted by Gasteiger charge is 2.23. The van der Waals surface area contributed by atoms with E-state index < -0.39 is 12.0 Å². The van der Waals surface area contributed by atoms with Crippen LogP contribution >= 0.6 is 0 Å². The van der Waals surface area contributed by atoms with Crippen LogP contribution in [0.5, 0.6) is 0 Å². The first-order chi connectivity index (χ1) is 12.0. The SMILES string of the molecule is Cc1ccc2c(c1)cc(C(=O)N[C@@H](Cc1ccccc1)C(=O)O)n2C. The number of aryl methyl sites for hydroxylation is 2. The maximum absolute atomic E-state index is 12.6. The Balaban J connectivity index is 1.84. The van der Waals surface area contributed by atoms with E-state index in [1.165, 1.54) is 0 Å². The van der Waals surface area contributed by atoms with Crippen LogP contribution in [0.2, 0.25) is 0 Å². The van der Waals surface area contributed by atoms with Gasteiger partial charge in [0.05, 0.1) is 0 Å². The van der Waals surface area contributed by atoms with E-state index in [4.69, 9.17) is 0 Å². The minimum Gasteiger partial charge on any atom is -0.480 e. The highest BCUT2D eigenvalue weighted by atomic mass is 16.4. The fourth-order valence-electron chi connectivity index (χ4n) is 2.97. The van der Waals surface area contributed by atoms with Gasteiger partial charge in [-0.15, -0.1) is 0 Å². The van der Waals surface area contributed by atoms with E-state index in [0.717, 1.165) is 22.0 Å². The maximum Gasteiger partial charge on any atom is 0.326 e. The number of nitrogens with zero attached hydrogens (tertiary/aromatic N) is 1. The van der Waals surface area contributed by atoms with Crippen molar-refractivity contribution in [1.82, 2.24) is 9.88 Å². The number of carboxylic acid groups (broad SMARTS) is 1. The van der Waals surface area contributed by atoms with Gasteiger partial charge in [-0.1, -0.05) is 42.0 Å². The number of benzene rings is 2. The number of fused-ring (bicyclic) bond motifs is 1. The molecule has 0 spiro atoms. The third-order valence-corrected chi connectivity index (χ3v) is 4.32. The van der Waals surface area contributed by atoms with E-state index in [1.54, 1.807) is 17.7 Å². The van der Waals surface area contributed by atoms with Crippen molar-refractivity contribution in [2.75, 3.05) is 0 Å². The van der Waals surface area contributed by atoms with E-state index in [0.29, 0.717) is 5.69 Å². The van der Waals surface area contributed by atoms with E-state index in [-0.39, 0.29) is 12.3 Å². The molecule has 1 aromatic heterocycles. The highest BCUT2D eigenvalue weighted by molar-refractivity contribution is 6.00. The Hall–Kier alpha value is -3.08. The predicted octanol–water partition coefficient (Wildman–Crippen LogP) is 2.91. The van der Waals surface area contributed by atoms with Crippen molar-refractivity contribution in [2.45, 2.75) is 19.4 Å². The number of carbonyl (C=O) groups is 2. The summed E-state index contributed by atoms with van der Waals surface area (Å²) in [5.74, 6) is -1.44. The first-order valence-corrected chi connectivity index (χ1v) is 8.09. The molecule has 0 saturated heterocycles. The average Bonchev–Trinajstić information content (AvgIpc) is 2.91. The lowest BCUT2D eigenvalue weighted by Crippen LogP contribution is -2.42. The van der Waals surface area contributed by atoms with Crippen LogP contribution in [0.3, 0.4) is 0 Å². The Morgan fingerprint density at radius 3 is 2.52 bits per heavy atom. The Labute approximate surface area is 145 Å². The zero-order valence-electron chi connectivity index (χ0n) is 14.2. The quantitative estimate of drug-likeness (QED) is 0.752. The molecule has 2 N–H and O–H groups in total. The Morgan fingerprint density at radius 1 is 1.12 bits per heavy atom. The van der Waals surface area contributed by atoms with Gasteiger partial charge < -0.3 is 15.0 Å². The number of amides is 1. The second kappa shape index (κ2) is 6.81. The molecule has 5 heteroatoms. The van der Waals surface area contributed by atoms with Crippen molar-refractivity contribution in [2.24, 2.45) is 7.05 Å². The van der Waals surface area contributed by atoms with Gasteiger partial charge >= 0.3 is 5.97 Å². The molecule has 1 heterocycles. The predicted molar refractivity (Wildman–Crippen MR) is 96.7 cm³/mol. The van der Waals surface area contributed by atoms with Crippen molar-refractivity contribution in [3.05, 3.63) is 71.4 Å². The lowest BCUT2D eigenvalue weighted by atomic mass is 10.1. The number of hydrogen-bond acceptors (Lipinski definition) is 2. The lowest BCUT2D eigenvalue weighted by Gasteiger charge is -2.15. The molecular formula is C20H20N2O3. The first-order valence-electron chi connectivity index (χ1n) is 8.09. The molecule has 3 rings (SSSR count). The van der Waals surface area contributed by atoms with E-state index in [9.17, 15) is 14.7 Å². The summed E-state index contributed by atoms with van der Waals surface area (Å²) < 4.78 is 1.78. The number of aliphatic carboxylic acids is 1. The van der Waals surface area contributed by atoms with Gasteiger partial charge in [-0.05, 0) is 30.7 Å². The van der Waals surface area contributed by atoms with Crippen molar-refractivity contribution in [3.8, 4) is 0 Å². The molecule has 5 nitrogen and oxygen atoms in total. The zero-order chi connectivity index (χ0) is 18.0. The van der Waals surface area contributed by atoms with Crippen LogP contribution < -0.4 is 5.32 Å². The molecule has 0 radical (unpaired) electrons. The number of rotatable bonds is 5. The topological polar surface area (TPSA) is 71.3 Å². The average molecular weight is 336 g/mol.